The lowest BCUT2D eigenvalue weighted by atomic mass is 10.1. The summed E-state index contributed by atoms with van der Waals surface area (Å²) in [6.07, 6.45) is 0.465. The van der Waals surface area contributed by atoms with E-state index in [0.29, 0.717) is 13.0 Å². The molecule has 0 heterocycles. The number of likely N-dealkylation sites (N-methyl/N-ethyl adjacent to an activating group) is 1. The van der Waals surface area contributed by atoms with E-state index < -0.39 is 15.9 Å². The van der Waals surface area contributed by atoms with Crippen LogP contribution in [0.3, 0.4) is 0 Å². The highest BCUT2D eigenvalue weighted by Crippen LogP contribution is 2.17. The zero-order chi connectivity index (χ0) is 18.4. The van der Waals surface area contributed by atoms with Gasteiger partial charge < -0.3 is 5.32 Å². The maximum Gasteiger partial charge on any atom is 0.243 e. The first-order valence-electron chi connectivity index (χ1n) is 7.52. The molecule has 0 spiro atoms. The maximum atomic E-state index is 13.1. The molecule has 2 aromatic carbocycles. The third-order valence-electron chi connectivity index (χ3n) is 3.51. The topological polar surface area (TPSA) is 66.5 Å². The van der Waals surface area contributed by atoms with Gasteiger partial charge in [-0.25, -0.2) is 12.8 Å². The molecule has 0 unspecified atom stereocenters. The van der Waals surface area contributed by atoms with Crippen molar-refractivity contribution in [2.24, 2.45) is 0 Å². The summed E-state index contributed by atoms with van der Waals surface area (Å²) in [5.74, 6) is -0.747. The van der Waals surface area contributed by atoms with Crippen molar-refractivity contribution < 1.29 is 17.6 Å². The van der Waals surface area contributed by atoms with Gasteiger partial charge in [-0.15, -0.1) is 0 Å². The van der Waals surface area contributed by atoms with E-state index in [-0.39, 0.29) is 17.3 Å². The van der Waals surface area contributed by atoms with Crippen molar-refractivity contribution in [1.29, 1.82) is 0 Å². The quantitative estimate of drug-likeness (QED) is 0.736. The third-order valence-corrected chi connectivity index (χ3v) is 5.86. The first kappa shape index (κ1) is 19.6. The van der Waals surface area contributed by atoms with Gasteiger partial charge >= 0.3 is 0 Å². The fourth-order valence-electron chi connectivity index (χ4n) is 2.17. The number of sulfonamides is 1. The third kappa shape index (κ3) is 5.62. The molecule has 134 valence electrons. The van der Waals surface area contributed by atoms with Crippen LogP contribution in [-0.4, -0.2) is 38.8 Å². The van der Waals surface area contributed by atoms with Gasteiger partial charge in [0.1, 0.15) is 5.82 Å². The van der Waals surface area contributed by atoms with Crippen molar-refractivity contribution in [2.45, 2.75) is 11.3 Å². The fraction of sp³-hybridized carbons (Fsp3) is 0.235. The predicted molar refractivity (Wildman–Crippen MR) is 97.1 cm³/mol. The Morgan fingerprint density at radius 3 is 2.52 bits per heavy atom. The molecule has 0 aromatic heterocycles. The normalized spacial score (nSPS) is 11.5. The standard InChI is InChI=1S/C17H18BrFN2O3S/c1-21(25(23,24)16-7-5-14(18)6-8-16)12-17(22)20-10-9-13-3-2-4-15(19)11-13/h2-8,11H,9-10,12H2,1H3,(H,20,22). The van der Waals surface area contributed by atoms with Crippen LogP contribution in [-0.2, 0) is 21.2 Å². The number of halogens is 2. The first-order valence-corrected chi connectivity index (χ1v) is 9.75. The summed E-state index contributed by atoms with van der Waals surface area (Å²) < 4.78 is 39.6. The molecule has 5 nitrogen and oxygen atoms in total. The molecular weight excluding hydrogens is 411 g/mol. The van der Waals surface area contributed by atoms with E-state index in [1.807, 2.05) is 0 Å². The Balaban J connectivity index is 1.87. The number of hydrogen-bond acceptors (Lipinski definition) is 3. The number of nitrogens with zero attached hydrogens (tertiary/aromatic N) is 1. The highest BCUT2D eigenvalue weighted by molar-refractivity contribution is 9.10. The zero-order valence-electron chi connectivity index (χ0n) is 13.6. The van der Waals surface area contributed by atoms with Crippen LogP contribution in [0, 0.1) is 5.82 Å². The lowest BCUT2D eigenvalue weighted by Gasteiger charge is -2.17. The lowest BCUT2D eigenvalue weighted by Crippen LogP contribution is -2.39. The van der Waals surface area contributed by atoms with Gasteiger partial charge in [0, 0.05) is 18.1 Å². The van der Waals surface area contributed by atoms with Gasteiger partial charge in [-0.1, -0.05) is 28.1 Å². The summed E-state index contributed by atoms with van der Waals surface area (Å²) >= 11 is 3.25. The van der Waals surface area contributed by atoms with E-state index in [9.17, 15) is 17.6 Å². The van der Waals surface area contributed by atoms with Crippen molar-refractivity contribution in [3.05, 3.63) is 64.4 Å². The molecule has 1 N–H and O–H groups in total. The van der Waals surface area contributed by atoms with Crippen LogP contribution in [0.1, 0.15) is 5.56 Å². The molecule has 2 rings (SSSR count). The number of rotatable bonds is 7. The van der Waals surface area contributed by atoms with Gasteiger partial charge in [-0.2, -0.15) is 4.31 Å². The first-order chi connectivity index (χ1) is 11.8. The SMILES string of the molecule is CN(CC(=O)NCCc1cccc(F)c1)S(=O)(=O)c1ccc(Br)cc1. The summed E-state index contributed by atoms with van der Waals surface area (Å²) in [7, 11) is -2.38. The summed E-state index contributed by atoms with van der Waals surface area (Å²) in [6.45, 7) is 0.00993. The van der Waals surface area contributed by atoms with Crippen molar-refractivity contribution in [3.8, 4) is 0 Å². The summed E-state index contributed by atoms with van der Waals surface area (Å²) in [5.41, 5.74) is 0.760. The molecule has 0 fully saturated rings. The fourth-order valence-corrected chi connectivity index (χ4v) is 3.56. The Labute approximate surface area is 155 Å². The molecule has 0 aliphatic heterocycles. The van der Waals surface area contributed by atoms with Crippen LogP contribution in [0.5, 0.6) is 0 Å². The molecule has 8 heteroatoms. The number of hydrogen-bond donors (Lipinski definition) is 1. The summed E-state index contributed by atoms with van der Waals surface area (Å²) in [6, 6.07) is 12.3. The Morgan fingerprint density at radius 2 is 1.88 bits per heavy atom. The molecule has 0 aliphatic carbocycles. The minimum absolute atomic E-state index is 0.116. The van der Waals surface area contributed by atoms with E-state index >= 15 is 0 Å². The van der Waals surface area contributed by atoms with Crippen LogP contribution >= 0.6 is 15.9 Å². The van der Waals surface area contributed by atoms with Gasteiger partial charge in [0.15, 0.2) is 0 Å². The minimum atomic E-state index is -3.73. The Bertz CT molecular complexity index is 841. The molecule has 2 aromatic rings. The number of carbonyl (C=O) groups is 1. The smallest absolute Gasteiger partial charge is 0.243 e. The molecule has 0 radical (unpaired) electrons. The van der Waals surface area contributed by atoms with Crippen molar-refractivity contribution >= 4 is 31.9 Å². The van der Waals surface area contributed by atoms with Crippen LogP contribution < -0.4 is 5.32 Å². The Kier molecular flexibility index (Phi) is 6.69. The molecule has 0 saturated heterocycles. The molecule has 25 heavy (non-hydrogen) atoms. The van der Waals surface area contributed by atoms with E-state index in [1.165, 1.54) is 31.3 Å². The number of benzene rings is 2. The van der Waals surface area contributed by atoms with E-state index in [4.69, 9.17) is 0 Å². The predicted octanol–water partition coefficient (Wildman–Crippen LogP) is 2.57. The van der Waals surface area contributed by atoms with E-state index in [2.05, 4.69) is 21.2 Å². The molecule has 1 amide bonds. The summed E-state index contributed by atoms with van der Waals surface area (Å²) in [5, 5.41) is 2.64. The molecule has 0 bridgehead atoms. The highest BCUT2D eigenvalue weighted by Gasteiger charge is 2.22. The van der Waals surface area contributed by atoms with Crippen LogP contribution in [0.15, 0.2) is 57.9 Å². The molecule has 0 saturated carbocycles. The van der Waals surface area contributed by atoms with Gasteiger partial charge in [0.25, 0.3) is 0 Å². The second kappa shape index (κ2) is 8.55. The molecular formula is C17H18BrFN2O3S. The van der Waals surface area contributed by atoms with Gasteiger partial charge in [-0.05, 0) is 48.4 Å². The van der Waals surface area contributed by atoms with Gasteiger partial charge in [-0.3, -0.25) is 4.79 Å². The highest BCUT2D eigenvalue weighted by atomic mass is 79.9. The minimum Gasteiger partial charge on any atom is -0.355 e. The van der Waals surface area contributed by atoms with Crippen LogP contribution in [0.2, 0.25) is 0 Å². The number of carbonyl (C=O) groups excluding carboxylic acids is 1. The molecule has 0 aliphatic rings. The zero-order valence-corrected chi connectivity index (χ0v) is 16.0. The van der Waals surface area contributed by atoms with Crippen LogP contribution in [0.4, 0.5) is 4.39 Å². The Morgan fingerprint density at radius 1 is 1.20 bits per heavy atom. The maximum absolute atomic E-state index is 13.1. The Hall–Kier alpha value is -1.77. The second-order valence-electron chi connectivity index (χ2n) is 5.44. The van der Waals surface area contributed by atoms with Crippen LogP contribution in [0.25, 0.3) is 0 Å². The number of nitrogens with one attached hydrogen (secondary N) is 1. The van der Waals surface area contributed by atoms with E-state index in [1.54, 1.807) is 24.3 Å². The van der Waals surface area contributed by atoms with Crippen molar-refractivity contribution in [2.75, 3.05) is 20.1 Å². The lowest BCUT2D eigenvalue weighted by molar-refractivity contribution is -0.121. The van der Waals surface area contributed by atoms with Crippen molar-refractivity contribution in [3.63, 3.8) is 0 Å². The molecule has 0 atom stereocenters. The van der Waals surface area contributed by atoms with Gasteiger partial charge in [0.2, 0.25) is 15.9 Å². The average molecular weight is 429 g/mol. The largest absolute Gasteiger partial charge is 0.355 e. The monoisotopic (exact) mass is 428 g/mol. The average Bonchev–Trinajstić information content (AvgIpc) is 2.55. The van der Waals surface area contributed by atoms with Crippen molar-refractivity contribution in [1.82, 2.24) is 9.62 Å². The summed E-state index contributed by atoms with van der Waals surface area (Å²) in [4.78, 5) is 12.1. The number of amides is 1. The second-order valence-corrected chi connectivity index (χ2v) is 8.41. The van der Waals surface area contributed by atoms with E-state index in [0.717, 1.165) is 14.3 Å². The van der Waals surface area contributed by atoms with Gasteiger partial charge in [0.05, 0.1) is 11.4 Å².